The average Bonchev–Trinajstić information content (AvgIpc) is 2.77. The highest BCUT2D eigenvalue weighted by Gasteiger charge is 2.13. The maximum absolute atomic E-state index is 12.5. The largest absolute Gasteiger partial charge is 0.323 e. The second-order valence-electron chi connectivity index (χ2n) is 7.25. The van der Waals surface area contributed by atoms with Crippen molar-refractivity contribution in [2.75, 3.05) is 21.3 Å². The second-order valence-corrected chi connectivity index (χ2v) is 7.25. The van der Waals surface area contributed by atoms with E-state index in [1.165, 1.54) is 48.5 Å². The number of amides is 4. The van der Waals surface area contributed by atoms with Gasteiger partial charge in [-0.05, 0) is 61.4 Å². The van der Waals surface area contributed by atoms with Crippen molar-refractivity contribution < 1.29 is 19.4 Å². The van der Waals surface area contributed by atoms with Gasteiger partial charge in [-0.3, -0.25) is 20.2 Å². The van der Waals surface area contributed by atoms with Crippen molar-refractivity contribution in [2.45, 2.75) is 13.8 Å². The van der Waals surface area contributed by atoms with Gasteiger partial charge in [-0.2, -0.15) is 0 Å². The van der Waals surface area contributed by atoms with Gasteiger partial charge in [0.1, 0.15) is 0 Å². The molecule has 0 heterocycles. The fraction of sp³-hybridized carbons (Fsp3) is 0.0909. The van der Waals surface area contributed by atoms with Crippen LogP contribution >= 0.6 is 0 Å². The lowest BCUT2D eigenvalue weighted by Crippen LogP contribution is -2.23. The van der Waals surface area contributed by atoms with E-state index < -0.39 is 21.9 Å². The summed E-state index contributed by atoms with van der Waals surface area (Å²) in [6, 6.07) is 12.8. The van der Waals surface area contributed by atoms with Crippen LogP contribution in [-0.2, 0) is 0 Å². The van der Waals surface area contributed by atoms with Gasteiger partial charge in [0.25, 0.3) is 11.4 Å². The molecular formula is C22H20N6O6. The molecular weight excluding hydrogens is 444 g/mol. The van der Waals surface area contributed by atoms with Crippen molar-refractivity contribution in [2.24, 2.45) is 0 Å². The van der Waals surface area contributed by atoms with Crippen LogP contribution in [0.25, 0.3) is 0 Å². The van der Waals surface area contributed by atoms with Crippen LogP contribution in [0.3, 0.4) is 0 Å². The number of anilines is 4. The highest BCUT2D eigenvalue weighted by molar-refractivity contribution is 6.06. The van der Waals surface area contributed by atoms with E-state index in [9.17, 15) is 29.8 Å². The third-order valence-corrected chi connectivity index (χ3v) is 4.80. The molecule has 0 radical (unpaired) electrons. The lowest BCUT2D eigenvalue weighted by molar-refractivity contribution is -0.385. The van der Waals surface area contributed by atoms with Gasteiger partial charge in [-0.25, -0.2) is 9.59 Å². The number of hydrogen-bond acceptors (Lipinski definition) is 6. The Kier molecular flexibility index (Phi) is 7.01. The van der Waals surface area contributed by atoms with E-state index >= 15 is 0 Å². The molecule has 0 bridgehead atoms. The van der Waals surface area contributed by atoms with Crippen LogP contribution in [0, 0.1) is 34.1 Å². The van der Waals surface area contributed by atoms with Gasteiger partial charge >= 0.3 is 12.1 Å². The van der Waals surface area contributed by atoms with Crippen molar-refractivity contribution in [1.29, 1.82) is 0 Å². The molecule has 3 aromatic carbocycles. The minimum absolute atomic E-state index is 0.106. The number of hydrogen-bond donors (Lipinski definition) is 4. The van der Waals surface area contributed by atoms with Crippen LogP contribution in [0.5, 0.6) is 0 Å². The van der Waals surface area contributed by atoms with Crippen LogP contribution in [0.15, 0.2) is 60.7 Å². The lowest BCUT2D eigenvalue weighted by atomic mass is 10.1. The van der Waals surface area contributed by atoms with Gasteiger partial charge in [0.05, 0.1) is 21.2 Å². The highest BCUT2D eigenvalue weighted by atomic mass is 16.6. The normalized spacial score (nSPS) is 10.2. The number of aryl methyl sites for hydroxylation is 2. The maximum atomic E-state index is 12.5. The zero-order chi connectivity index (χ0) is 24.8. The van der Waals surface area contributed by atoms with E-state index in [1.807, 2.05) is 13.8 Å². The fourth-order valence-electron chi connectivity index (χ4n) is 2.93. The van der Waals surface area contributed by atoms with Crippen molar-refractivity contribution in [3.8, 4) is 0 Å². The number of nitrogens with zero attached hydrogens (tertiary/aromatic N) is 2. The Morgan fingerprint density at radius 3 is 1.24 bits per heavy atom. The first-order valence-corrected chi connectivity index (χ1v) is 9.88. The van der Waals surface area contributed by atoms with Gasteiger partial charge in [0, 0.05) is 35.6 Å². The molecule has 4 N–H and O–H groups in total. The molecule has 0 fully saturated rings. The fourth-order valence-corrected chi connectivity index (χ4v) is 2.93. The SMILES string of the molecule is Cc1cc(NC(=O)Nc2ccc([N+](=O)[O-])cc2)c(NC(=O)Nc2ccc([N+](=O)[O-])cc2)cc1C. The molecule has 3 aromatic rings. The number of carbonyl (C=O) groups excluding carboxylic acids is 2. The number of benzene rings is 3. The molecule has 3 rings (SSSR count). The maximum Gasteiger partial charge on any atom is 0.323 e. The average molecular weight is 464 g/mol. The predicted molar refractivity (Wildman–Crippen MR) is 127 cm³/mol. The van der Waals surface area contributed by atoms with Crippen molar-refractivity contribution in [3.63, 3.8) is 0 Å². The first-order valence-electron chi connectivity index (χ1n) is 9.88. The Morgan fingerprint density at radius 2 is 0.941 bits per heavy atom. The number of urea groups is 2. The van der Waals surface area contributed by atoms with E-state index in [4.69, 9.17) is 0 Å². The molecule has 0 unspecified atom stereocenters. The molecule has 0 saturated carbocycles. The number of nitro groups is 2. The summed E-state index contributed by atoms with van der Waals surface area (Å²) in [4.78, 5) is 45.4. The summed E-state index contributed by atoms with van der Waals surface area (Å²) in [6.07, 6.45) is 0. The first kappa shape index (κ1) is 23.7. The van der Waals surface area contributed by atoms with Crippen LogP contribution in [0.4, 0.5) is 43.7 Å². The Hall–Kier alpha value is -5.00. The summed E-state index contributed by atoms with van der Waals surface area (Å²) >= 11 is 0. The minimum Gasteiger partial charge on any atom is -0.308 e. The number of nitrogens with one attached hydrogen (secondary N) is 4. The lowest BCUT2D eigenvalue weighted by Gasteiger charge is -2.16. The molecule has 0 aliphatic heterocycles. The van der Waals surface area contributed by atoms with E-state index in [0.717, 1.165) is 11.1 Å². The van der Waals surface area contributed by atoms with Crippen LogP contribution < -0.4 is 21.3 Å². The van der Waals surface area contributed by atoms with Gasteiger partial charge < -0.3 is 21.3 Å². The summed E-state index contributed by atoms with van der Waals surface area (Å²) in [6.45, 7) is 3.69. The topological polar surface area (TPSA) is 169 Å². The molecule has 12 heteroatoms. The van der Waals surface area contributed by atoms with E-state index in [0.29, 0.717) is 22.7 Å². The van der Waals surface area contributed by atoms with E-state index in [2.05, 4.69) is 21.3 Å². The van der Waals surface area contributed by atoms with Gasteiger partial charge in [0.15, 0.2) is 0 Å². The third kappa shape index (κ3) is 6.03. The Morgan fingerprint density at radius 1 is 0.618 bits per heavy atom. The summed E-state index contributed by atoms with van der Waals surface area (Å²) < 4.78 is 0. The smallest absolute Gasteiger partial charge is 0.308 e. The standard InChI is InChI=1S/C22H20N6O6/c1-13-11-19(25-21(29)23-15-3-7-17(8-4-15)27(31)32)20(12-14(13)2)26-22(30)24-16-5-9-18(10-6-16)28(33)34/h3-12H,1-2H3,(H2,23,25,29)(H2,24,26,30). The van der Waals surface area contributed by atoms with Gasteiger partial charge in [-0.15, -0.1) is 0 Å². The molecule has 34 heavy (non-hydrogen) atoms. The summed E-state index contributed by atoms with van der Waals surface area (Å²) in [5.74, 6) is 0. The Balaban J connectivity index is 1.71. The quantitative estimate of drug-likeness (QED) is 0.281. The molecule has 4 amide bonds. The predicted octanol–water partition coefficient (Wildman–Crippen LogP) is 5.41. The van der Waals surface area contributed by atoms with Crippen LogP contribution in [-0.4, -0.2) is 21.9 Å². The first-order chi connectivity index (χ1) is 16.1. The van der Waals surface area contributed by atoms with Crippen LogP contribution in [0.2, 0.25) is 0 Å². The summed E-state index contributed by atoms with van der Waals surface area (Å²) in [5.41, 5.74) is 2.85. The Labute approximate surface area is 193 Å². The number of rotatable bonds is 6. The third-order valence-electron chi connectivity index (χ3n) is 4.80. The van der Waals surface area contributed by atoms with Crippen molar-refractivity contribution in [1.82, 2.24) is 0 Å². The molecule has 0 aromatic heterocycles. The number of non-ortho nitro benzene ring substituents is 2. The van der Waals surface area contributed by atoms with E-state index in [1.54, 1.807) is 12.1 Å². The van der Waals surface area contributed by atoms with Gasteiger partial charge in [0.2, 0.25) is 0 Å². The highest BCUT2D eigenvalue weighted by Crippen LogP contribution is 2.27. The molecule has 174 valence electrons. The van der Waals surface area contributed by atoms with E-state index in [-0.39, 0.29) is 11.4 Å². The zero-order valence-electron chi connectivity index (χ0n) is 18.1. The van der Waals surface area contributed by atoms with Gasteiger partial charge in [-0.1, -0.05) is 0 Å². The van der Waals surface area contributed by atoms with Crippen LogP contribution in [0.1, 0.15) is 11.1 Å². The zero-order valence-corrected chi connectivity index (χ0v) is 18.1. The Bertz CT molecular complexity index is 1160. The van der Waals surface area contributed by atoms with Crippen molar-refractivity contribution >= 4 is 46.2 Å². The number of nitro benzene ring substituents is 2. The molecule has 0 aliphatic rings. The summed E-state index contributed by atoms with van der Waals surface area (Å²) in [5, 5.41) is 32.0. The molecule has 0 saturated heterocycles. The summed E-state index contributed by atoms with van der Waals surface area (Å²) in [7, 11) is 0. The number of carbonyl (C=O) groups is 2. The second kappa shape index (κ2) is 10.1. The molecule has 12 nitrogen and oxygen atoms in total. The molecule has 0 aliphatic carbocycles. The van der Waals surface area contributed by atoms with Crippen molar-refractivity contribution in [3.05, 3.63) is 92.0 Å². The monoisotopic (exact) mass is 464 g/mol. The molecule has 0 atom stereocenters. The minimum atomic E-state index is -0.615. The molecule has 0 spiro atoms.